The van der Waals surface area contributed by atoms with Crippen LogP contribution in [-0.4, -0.2) is 13.8 Å². The molecule has 0 bridgehead atoms. The molecular weight excluding hydrogens is 453 g/mol. The average Bonchev–Trinajstić information content (AvgIpc) is 2.27. The first-order valence-electron chi connectivity index (χ1n) is 5.18. The van der Waals surface area contributed by atoms with Crippen molar-refractivity contribution >= 4 is 12.4 Å². The van der Waals surface area contributed by atoms with Gasteiger partial charge in [-0.1, -0.05) is 17.7 Å². The van der Waals surface area contributed by atoms with E-state index in [1.165, 1.54) is 5.57 Å². The van der Waals surface area contributed by atoms with Crippen LogP contribution in [0.3, 0.4) is 0 Å². The number of aryl methyl sites for hydroxylation is 2. The largest absolute Gasteiger partial charge is 2.00 e. The maximum absolute atomic E-state index is 13.0. The third kappa shape index (κ3) is 10.6. The van der Waals surface area contributed by atoms with E-state index in [2.05, 4.69) is 18.6 Å². The van der Waals surface area contributed by atoms with Crippen LogP contribution in [0, 0.1) is 50.8 Å². The fraction of sp³-hybridized carbons (Fsp3) is 0.357. The van der Waals surface area contributed by atoms with Gasteiger partial charge in [-0.2, -0.15) is 0 Å². The molecule has 0 radical (unpaired) electrons. The summed E-state index contributed by atoms with van der Waals surface area (Å²) in [5, 5.41) is 10.7. The van der Waals surface area contributed by atoms with Crippen molar-refractivity contribution < 1.29 is 35.5 Å². The van der Waals surface area contributed by atoms with E-state index < -0.39 is 0 Å². The molecule has 0 heterocycles. The van der Waals surface area contributed by atoms with Gasteiger partial charge in [0.2, 0.25) is 0 Å². The fourth-order valence-electron chi connectivity index (χ4n) is 1.05. The molecule has 0 unspecified atom stereocenters. The molecule has 0 aliphatic rings. The Morgan fingerprint density at radius 2 is 1.44 bits per heavy atom. The predicted molar refractivity (Wildman–Crippen MR) is 75.8 cm³/mol. The van der Waals surface area contributed by atoms with Crippen molar-refractivity contribution in [2.24, 2.45) is 0 Å². The number of halogens is 1. The van der Waals surface area contributed by atoms with Crippen molar-refractivity contribution in [1.82, 2.24) is 0 Å². The van der Waals surface area contributed by atoms with Gasteiger partial charge < -0.3 is 10.7 Å². The van der Waals surface area contributed by atoms with Gasteiger partial charge in [-0.05, 0) is 38.8 Å². The molecule has 0 saturated heterocycles. The zero-order valence-electron chi connectivity index (χ0n) is 11.8. The van der Waals surface area contributed by atoms with Gasteiger partial charge in [0.1, 0.15) is 5.82 Å². The minimum atomic E-state index is -0.127. The molecule has 2 nitrogen and oxygen atoms in total. The van der Waals surface area contributed by atoms with Gasteiger partial charge in [-0.15, -0.1) is 19.3 Å². The summed E-state index contributed by atoms with van der Waals surface area (Å²) in [5.41, 5.74) is 3.32. The van der Waals surface area contributed by atoms with E-state index in [-0.39, 0.29) is 36.9 Å². The monoisotopic (exact) mass is 474 g/mol. The molecule has 0 saturated carbocycles. The van der Waals surface area contributed by atoms with E-state index in [0.717, 1.165) is 5.69 Å². The Morgan fingerprint density at radius 1 is 1.17 bits per heavy atom. The molecule has 0 fully saturated rings. The second kappa shape index (κ2) is 12.9. The summed E-state index contributed by atoms with van der Waals surface area (Å²) in [6.07, 6.45) is 0. The number of benzene rings is 1. The second-order valence-corrected chi connectivity index (χ2v) is 3.82. The summed E-state index contributed by atoms with van der Waals surface area (Å²) >= 11 is 0. The van der Waals surface area contributed by atoms with E-state index in [9.17, 15) is 4.39 Å². The molecule has 0 atom stereocenters. The van der Waals surface area contributed by atoms with Crippen molar-refractivity contribution in [2.45, 2.75) is 27.7 Å². The van der Waals surface area contributed by atoms with Gasteiger partial charge in [0.25, 0.3) is 0 Å². The molecule has 0 amide bonds. The minimum Gasteiger partial charge on any atom is -0.817 e. The van der Waals surface area contributed by atoms with Crippen LogP contribution >= 0.6 is 0 Å². The van der Waals surface area contributed by atoms with Crippen LogP contribution in [0.15, 0.2) is 24.3 Å². The van der Waals surface area contributed by atoms with Gasteiger partial charge in [0.15, 0.2) is 0 Å². The smallest absolute Gasteiger partial charge is 0.817 e. The number of allylic oxidation sites excluding steroid dienone is 1. The van der Waals surface area contributed by atoms with Crippen molar-refractivity contribution in [3.63, 3.8) is 0 Å². The predicted octanol–water partition coefficient (Wildman–Crippen LogP) is 4.92. The number of rotatable bonds is 1. The third-order valence-corrected chi connectivity index (χ3v) is 1.68. The van der Waals surface area contributed by atoms with Crippen LogP contribution in [0.25, 0.3) is 10.7 Å². The summed E-state index contributed by atoms with van der Waals surface area (Å²) in [5.74, 6) is -0.127. The van der Waals surface area contributed by atoms with Crippen LogP contribution < -0.4 is 0 Å². The van der Waals surface area contributed by atoms with Gasteiger partial charge in [-0.3, -0.25) is 0 Å². The SMILES string of the molecule is C=C(C)C.C=[N-].C[N-]c1cc(C)c(F)c(C)c1.[U+2]. The summed E-state index contributed by atoms with van der Waals surface area (Å²) in [7, 11) is 1.70. The third-order valence-electron chi connectivity index (χ3n) is 1.68. The molecule has 1 rings (SSSR count). The molecule has 1 aromatic carbocycles. The normalized spacial score (nSPS) is 7.67. The van der Waals surface area contributed by atoms with Crippen molar-refractivity contribution in [3.05, 3.63) is 52.0 Å². The first kappa shape index (κ1) is 22.6. The molecule has 0 aromatic heterocycles. The standard InChI is InChI=1S/C9H11FN.C4H8.CH2N.U/c1-6-4-8(11-3)5-7(2)9(6)10;1-4(2)3;1-2;/h4-5H,1-3H3;1H2,2-3H3;1H2;/q-1;;-1;+2. The van der Waals surface area contributed by atoms with Gasteiger partial charge in [0.05, 0.1) is 0 Å². The van der Waals surface area contributed by atoms with Gasteiger partial charge in [0, 0.05) is 0 Å². The number of hydrogen-bond donors (Lipinski definition) is 0. The van der Waals surface area contributed by atoms with Crippen molar-refractivity contribution in [2.75, 3.05) is 7.05 Å². The minimum absolute atomic E-state index is 0. The Bertz CT molecular complexity index is 338. The molecule has 4 heteroatoms. The van der Waals surface area contributed by atoms with Crippen LogP contribution in [0.1, 0.15) is 25.0 Å². The molecule has 0 aliphatic carbocycles. The maximum atomic E-state index is 13.0. The van der Waals surface area contributed by atoms with Crippen LogP contribution in [-0.2, 0) is 0 Å². The van der Waals surface area contributed by atoms with E-state index in [4.69, 9.17) is 5.41 Å². The van der Waals surface area contributed by atoms with E-state index in [1.54, 1.807) is 33.0 Å². The van der Waals surface area contributed by atoms with Crippen LogP contribution in [0.4, 0.5) is 10.1 Å². The van der Waals surface area contributed by atoms with Gasteiger partial charge in [-0.25, -0.2) is 11.1 Å². The first-order valence-corrected chi connectivity index (χ1v) is 5.18. The Morgan fingerprint density at radius 3 is 1.67 bits per heavy atom. The molecule has 18 heavy (non-hydrogen) atoms. The Balaban J connectivity index is -0.000000277. The topological polar surface area (TPSA) is 36.4 Å². The van der Waals surface area contributed by atoms with Crippen LogP contribution in [0.2, 0.25) is 0 Å². The summed E-state index contributed by atoms with van der Waals surface area (Å²) in [6, 6.07) is 3.48. The zero-order chi connectivity index (χ0) is 14.0. The Kier molecular flexibility index (Phi) is 16.1. The Hall–Kier alpha value is -0.588. The molecule has 0 spiro atoms. The van der Waals surface area contributed by atoms with Crippen molar-refractivity contribution in [1.29, 1.82) is 0 Å². The summed E-state index contributed by atoms with van der Waals surface area (Å²) in [4.78, 5) is 0. The molecular formula is C14H21FN2U. The number of hydrogen-bond acceptors (Lipinski definition) is 0. The first-order chi connectivity index (χ1) is 7.88. The van der Waals surface area contributed by atoms with E-state index in [0.29, 0.717) is 11.1 Å². The van der Waals surface area contributed by atoms with Crippen molar-refractivity contribution in [3.8, 4) is 0 Å². The second-order valence-electron chi connectivity index (χ2n) is 3.82. The van der Waals surface area contributed by atoms with E-state index >= 15 is 0 Å². The van der Waals surface area contributed by atoms with E-state index in [1.807, 2.05) is 13.8 Å². The zero-order valence-corrected chi connectivity index (χ0v) is 16.0. The summed E-state index contributed by atoms with van der Waals surface area (Å²) < 4.78 is 13.0. The molecule has 0 N–H and O–H groups in total. The molecule has 98 valence electrons. The Labute approximate surface area is 134 Å². The molecule has 0 aliphatic heterocycles. The fourth-order valence-corrected chi connectivity index (χ4v) is 1.05. The number of nitrogens with zero attached hydrogens (tertiary/aromatic N) is 2. The van der Waals surface area contributed by atoms with Gasteiger partial charge >= 0.3 is 31.1 Å². The van der Waals surface area contributed by atoms with Crippen LogP contribution in [0.5, 0.6) is 0 Å². The summed E-state index contributed by atoms with van der Waals surface area (Å²) in [6.45, 7) is 13.2. The quantitative estimate of drug-likeness (QED) is 0.410. The maximum Gasteiger partial charge on any atom is 2.00 e. The average molecular weight is 474 g/mol. The molecule has 1 aromatic rings.